The van der Waals surface area contributed by atoms with Crippen LogP contribution in [0.2, 0.25) is 0 Å². The molecule has 1 atom stereocenters. The second-order valence-electron chi connectivity index (χ2n) is 2.98. The van der Waals surface area contributed by atoms with Crippen LogP contribution in [-0.4, -0.2) is 24.7 Å². The van der Waals surface area contributed by atoms with Gasteiger partial charge in [0, 0.05) is 0 Å². The van der Waals surface area contributed by atoms with Crippen LogP contribution in [-0.2, 0) is 14.6 Å². The van der Waals surface area contributed by atoms with Crippen molar-refractivity contribution in [3.05, 3.63) is 30.1 Å². The van der Waals surface area contributed by atoms with Gasteiger partial charge in [-0.05, 0) is 31.2 Å². The zero-order valence-corrected chi connectivity index (χ0v) is 8.66. The molecule has 1 aromatic rings. The normalized spacial score (nSPS) is 13.5. The van der Waals surface area contributed by atoms with Gasteiger partial charge in [0.25, 0.3) is 0 Å². The largest absolute Gasteiger partial charge is 0.480 e. The average molecular weight is 232 g/mol. The summed E-state index contributed by atoms with van der Waals surface area (Å²) in [7, 11) is -3.92. The van der Waals surface area contributed by atoms with Gasteiger partial charge in [-0.25, -0.2) is 12.8 Å². The summed E-state index contributed by atoms with van der Waals surface area (Å²) in [5.41, 5.74) is 0. The summed E-state index contributed by atoms with van der Waals surface area (Å²) in [6.07, 6.45) is 0. The molecule has 1 rings (SSSR count). The first kappa shape index (κ1) is 11.6. The minimum atomic E-state index is -3.92. The third-order valence-electron chi connectivity index (χ3n) is 1.96. The van der Waals surface area contributed by atoms with E-state index in [1.165, 1.54) is 0 Å². The molecule has 0 fully saturated rings. The van der Waals surface area contributed by atoms with Crippen LogP contribution in [0.5, 0.6) is 0 Å². The van der Waals surface area contributed by atoms with Crippen LogP contribution in [0.1, 0.15) is 6.92 Å². The average Bonchev–Trinajstić information content (AvgIpc) is 2.17. The van der Waals surface area contributed by atoms with Crippen LogP contribution in [0.4, 0.5) is 4.39 Å². The number of rotatable bonds is 3. The van der Waals surface area contributed by atoms with Crippen molar-refractivity contribution in [3.63, 3.8) is 0 Å². The van der Waals surface area contributed by atoms with Gasteiger partial charge in [0.05, 0.1) is 4.90 Å². The third kappa shape index (κ3) is 2.33. The van der Waals surface area contributed by atoms with Crippen molar-refractivity contribution in [3.8, 4) is 0 Å². The fourth-order valence-corrected chi connectivity index (χ4v) is 2.15. The van der Waals surface area contributed by atoms with Crippen molar-refractivity contribution in [2.75, 3.05) is 0 Å². The van der Waals surface area contributed by atoms with E-state index in [1.54, 1.807) is 0 Å². The second kappa shape index (κ2) is 3.98. The summed E-state index contributed by atoms with van der Waals surface area (Å²) in [5.74, 6) is -2.00. The van der Waals surface area contributed by atoms with E-state index in [2.05, 4.69) is 0 Å². The Morgan fingerprint density at radius 2 is 1.80 bits per heavy atom. The topological polar surface area (TPSA) is 71.4 Å². The maximum atomic E-state index is 12.5. The van der Waals surface area contributed by atoms with E-state index in [4.69, 9.17) is 5.11 Å². The molecule has 1 N–H and O–H groups in total. The molecule has 0 aliphatic rings. The fraction of sp³-hybridized carbons (Fsp3) is 0.222. The van der Waals surface area contributed by atoms with Crippen molar-refractivity contribution >= 4 is 15.8 Å². The molecule has 0 radical (unpaired) electrons. The van der Waals surface area contributed by atoms with Crippen LogP contribution in [0, 0.1) is 5.82 Å². The molecular weight excluding hydrogens is 223 g/mol. The van der Waals surface area contributed by atoms with Gasteiger partial charge < -0.3 is 5.11 Å². The zero-order chi connectivity index (χ0) is 11.6. The third-order valence-corrected chi connectivity index (χ3v) is 4.02. The monoisotopic (exact) mass is 232 g/mol. The first-order chi connectivity index (χ1) is 6.85. The number of carboxylic acids is 1. The fourth-order valence-electron chi connectivity index (χ4n) is 0.961. The lowest BCUT2D eigenvalue weighted by molar-refractivity contribution is -0.136. The molecule has 4 nitrogen and oxygen atoms in total. The summed E-state index contributed by atoms with van der Waals surface area (Å²) in [5, 5.41) is 7.04. The summed E-state index contributed by atoms with van der Waals surface area (Å²) in [6.45, 7) is 1.07. The van der Waals surface area contributed by atoms with E-state index in [-0.39, 0.29) is 4.90 Å². The Balaban J connectivity index is 3.17. The summed E-state index contributed by atoms with van der Waals surface area (Å²) >= 11 is 0. The zero-order valence-electron chi connectivity index (χ0n) is 7.84. The van der Waals surface area contributed by atoms with E-state index >= 15 is 0 Å². The Kier molecular flexibility index (Phi) is 3.09. The molecule has 0 aromatic heterocycles. The predicted molar refractivity (Wildman–Crippen MR) is 50.7 cm³/mol. The van der Waals surface area contributed by atoms with Crippen molar-refractivity contribution in [2.24, 2.45) is 0 Å². The predicted octanol–water partition coefficient (Wildman–Crippen LogP) is 1.07. The highest BCUT2D eigenvalue weighted by Crippen LogP contribution is 2.16. The Morgan fingerprint density at radius 1 is 1.33 bits per heavy atom. The number of carboxylic acid groups (broad SMARTS) is 1. The van der Waals surface area contributed by atoms with Crippen LogP contribution in [0.3, 0.4) is 0 Å². The SMILES string of the molecule is C[C@@H](C(=O)O)S(=O)(=O)c1ccc(F)cc1. The molecule has 15 heavy (non-hydrogen) atoms. The van der Waals surface area contributed by atoms with Gasteiger partial charge >= 0.3 is 5.97 Å². The summed E-state index contributed by atoms with van der Waals surface area (Å²) in [4.78, 5) is 10.3. The van der Waals surface area contributed by atoms with E-state index in [9.17, 15) is 17.6 Å². The van der Waals surface area contributed by atoms with Gasteiger partial charge in [-0.1, -0.05) is 0 Å². The second-order valence-corrected chi connectivity index (χ2v) is 5.25. The van der Waals surface area contributed by atoms with Crippen molar-refractivity contribution < 1.29 is 22.7 Å². The van der Waals surface area contributed by atoms with Gasteiger partial charge in [0.15, 0.2) is 15.1 Å². The quantitative estimate of drug-likeness (QED) is 0.791. The van der Waals surface area contributed by atoms with E-state index in [0.717, 1.165) is 31.2 Å². The lowest BCUT2D eigenvalue weighted by Crippen LogP contribution is -2.26. The Bertz CT molecular complexity index is 463. The van der Waals surface area contributed by atoms with Crippen molar-refractivity contribution in [1.29, 1.82) is 0 Å². The molecule has 82 valence electrons. The molecule has 6 heteroatoms. The van der Waals surface area contributed by atoms with Gasteiger partial charge in [-0.15, -0.1) is 0 Å². The number of hydrogen-bond donors (Lipinski definition) is 1. The molecule has 0 spiro atoms. The lowest BCUT2D eigenvalue weighted by Gasteiger charge is -2.07. The molecule has 1 aromatic carbocycles. The van der Waals surface area contributed by atoms with E-state index in [1.807, 2.05) is 0 Å². The van der Waals surface area contributed by atoms with Gasteiger partial charge in [0.2, 0.25) is 0 Å². The Hall–Kier alpha value is -1.43. The van der Waals surface area contributed by atoms with Crippen LogP contribution in [0.25, 0.3) is 0 Å². The minimum Gasteiger partial charge on any atom is -0.480 e. The van der Waals surface area contributed by atoms with Crippen LogP contribution >= 0.6 is 0 Å². The molecule has 0 unspecified atom stereocenters. The highest BCUT2D eigenvalue weighted by Gasteiger charge is 2.29. The highest BCUT2D eigenvalue weighted by atomic mass is 32.2. The smallest absolute Gasteiger partial charge is 0.321 e. The van der Waals surface area contributed by atoms with E-state index in [0.29, 0.717) is 0 Å². The maximum absolute atomic E-state index is 12.5. The Morgan fingerprint density at radius 3 is 2.20 bits per heavy atom. The lowest BCUT2D eigenvalue weighted by atomic mass is 10.3. The molecule has 0 heterocycles. The van der Waals surface area contributed by atoms with Crippen LogP contribution in [0.15, 0.2) is 29.2 Å². The van der Waals surface area contributed by atoms with Gasteiger partial charge in [-0.3, -0.25) is 4.79 Å². The van der Waals surface area contributed by atoms with Gasteiger partial charge in [-0.2, -0.15) is 0 Å². The Labute approximate surface area is 86.3 Å². The number of halogens is 1. The maximum Gasteiger partial charge on any atom is 0.321 e. The first-order valence-corrected chi connectivity index (χ1v) is 5.62. The number of hydrogen-bond acceptors (Lipinski definition) is 3. The molecule has 0 bridgehead atoms. The standard InChI is InChI=1S/C9H9FO4S/c1-6(9(11)12)15(13,14)8-4-2-7(10)3-5-8/h2-6H,1H3,(H,11,12)/t6-/m0/s1. The molecular formula is C9H9FO4S. The van der Waals surface area contributed by atoms with Crippen molar-refractivity contribution in [2.45, 2.75) is 17.1 Å². The summed E-state index contributed by atoms with van der Waals surface area (Å²) < 4.78 is 35.7. The molecule has 0 saturated carbocycles. The number of aliphatic carboxylic acids is 1. The number of carbonyl (C=O) groups is 1. The van der Waals surface area contributed by atoms with Crippen LogP contribution < -0.4 is 0 Å². The first-order valence-electron chi connectivity index (χ1n) is 4.08. The number of benzene rings is 1. The molecule has 0 amide bonds. The summed E-state index contributed by atoms with van der Waals surface area (Å²) in [6, 6.07) is 4.04. The molecule has 0 aliphatic heterocycles. The van der Waals surface area contributed by atoms with Crippen molar-refractivity contribution in [1.82, 2.24) is 0 Å². The van der Waals surface area contributed by atoms with Gasteiger partial charge in [0.1, 0.15) is 5.82 Å². The molecule has 0 saturated heterocycles. The molecule has 0 aliphatic carbocycles. The highest BCUT2D eigenvalue weighted by molar-refractivity contribution is 7.92. The van der Waals surface area contributed by atoms with E-state index < -0.39 is 26.9 Å². The number of sulfone groups is 1. The minimum absolute atomic E-state index is 0.196.